The van der Waals surface area contributed by atoms with E-state index in [-0.39, 0.29) is 30.9 Å². The predicted molar refractivity (Wildman–Crippen MR) is 84.4 cm³/mol. The van der Waals surface area contributed by atoms with Crippen LogP contribution in [-0.4, -0.2) is 41.5 Å². The van der Waals surface area contributed by atoms with Gasteiger partial charge in [-0.05, 0) is 25.0 Å². The molecule has 2 atom stereocenters. The Morgan fingerprint density at radius 2 is 2.18 bits per heavy atom. The summed E-state index contributed by atoms with van der Waals surface area (Å²) in [6, 6.07) is 6.99. The second-order valence-electron chi connectivity index (χ2n) is 5.32. The summed E-state index contributed by atoms with van der Waals surface area (Å²) in [7, 11) is 0. The van der Waals surface area contributed by atoms with Crippen LogP contribution in [0.3, 0.4) is 0 Å². The lowest BCUT2D eigenvalue weighted by Gasteiger charge is -2.28. The normalized spacial score (nSPS) is 21.2. The van der Waals surface area contributed by atoms with Gasteiger partial charge in [0.05, 0.1) is 12.0 Å². The maximum Gasteiger partial charge on any atom is 0.226 e. The summed E-state index contributed by atoms with van der Waals surface area (Å²) in [4.78, 5) is 26.3. The molecule has 1 heterocycles. The van der Waals surface area contributed by atoms with Gasteiger partial charge >= 0.3 is 0 Å². The van der Waals surface area contributed by atoms with Crippen molar-refractivity contribution in [2.75, 3.05) is 19.7 Å². The van der Waals surface area contributed by atoms with Gasteiger partial charge in [0.2, 0.25) is 11.8 Å². The standard InChI is InChI=1S/C16H21ClN2O3/c1-2-19-14(21)10-12(16(22)18-8-5-9-20)15(19)11-6-3-4-7-13(11)17/h3-4,6-7,12,15,20H,2,5,8-10H2,1H3,(H,18,22)/t12-,15+/m1/s1. The molecule has 2 N–H and O–H groups in total. The lowest BCUT2D eigenvalue weighted by atomic mass is 9.92. The van der Waals surface area contributed by atoms with Crippen molar-refractivity contribution in [3.8, 4) is 0 Å². The molecular formula is C16H21ClN2O3. The zero-order valence-electron chi connectivity index (χ0n) is 12.6. The van der Waals surface area contributed by atoms with Crippen LogP contribution in [0, 0.1) is 5.92 Å². The number of likely N-dealkylation sites (tertiary alicyclic amines) is 1. The van der Waals surface area contributed by atoms with Gasteiger partial charge in [0.25, 0.3) is 0 Å². The molecule has 2 rings (SSSR count). The van der Waals surface area contributed by atoms with E-state index in [0.717, 1.165) is 5.56 Å². The minimum absolute atomic E-state index is 0.0267. The van der Waals surface area contributed by atoms with Crippen LogP contribution in [0.4, 0.5) is 0 Å². The van der Waals surface area contributed by atoms with Crippen molar-refractivity contribution in [1.82, 2.24) is 10.2 Å². The Bertz CT molecular complexity index is 550. The van der Waals surface area contributed by atoms with Gasteiger partial charge in [0, 0.05) is 31.1 Å². The van der Waals surface area contributed by atoms with E-state index in [9.17, 15) is 9.59 Å². The molecule has 0 aliphatic carbocycles. The lowest BCUT2D eigenvalue weighted by molar-refractivity contribution is -0.129. The quantitative estimate of drug-likeness (QED) is 0.783. The van der Waals surface area contributed by atoms with Crippen molar-refractivity contribution in [3.05, 3.63) is 34.9 Å². The second-order valence-corrected chi connectivity index (χ2v) is 5.73. The maximum absolute atomic E-state index is 12.4. The molecule has 1 fully saturated rings. The van der Waals surface area contributed by atoms with Gasteiger partial charge in [-0.15, -0.1) is 0 Å². The number of amides is 2. The number of nitrogens with one attached hydrogen (secondary N) is 1. The fourth-order valence-corrected chi connectivity index (χ4v) is 3.17. The third-order valence-electron chi connectivity index (χ3n) is 3.97. The number of hydrogen-bond acceptors (Lipinski definition) is 3. The minimum atomic E-state index is -0.453. The van der Waals surface area contributed by atoms with Crippen LogP contribution in [0.2, 0.25) is 5.02 Å². The topological polar surface area (TPSA) is 69.6 Å². The first-order valence-electron chi connectivity index (χ1n) is 7.52. The highest BCUT2D eigenvalue weighted by molar-refractivity contribution is 6.31. The average molecular weight is 325 g/mol. The van der Waals surface area contributed by atoms with Gasteiger partial charge in [-0.1, -0.05) is 29.8 Å². The minimum Gasteiger partial charge on any atom is -0.396 e. The molecule has 120 valence electrons. The number of rotatable bonds is 6. The van der Waals surface area contributed by atoms with Crippen molar-refractivity contribution in [1.29, 1.82) is 0 Å². The van der Waals surface area contributed by atoms with E-state index in [4.69, 9.17) is 16.7 Å². The SMILES string of the molecule is CCN1C(=O)C[C@@H](C(=O)NCCCO)[C@@H]1c1ccccc1Cl. The van der Waals surface area contributed by atoms with E-state index in [1.807, 2.05) is 25.1 Å². The summed E-state index contributed by atoms with van der Waals surface area (Å²) in [6.07, 6.45) is 0.690. The highest BCUT2D eigenvalue weighted by atomic mass is 35.5. The third kappa shape index (κ3) is 3.42. The molecule has 1 aliphatic heterocycles. The Hall–Kier alpha value is -1.59. The largest absolute Gasteiger partial charge is 0.396 e. The fourth-order valence-electron chi connectivity index (χ4n) is 2.92. The van der Waals surface area contributed by atoms with Crippen molar-refractivity contribution in [2.45, 2.75) is 25.8 Å². The molecule has 0 unspecified atom stereocenters. The molecule has 2 amide bonds. The number of benzene rings is 1. The Labute approximate surface area is 135 Å². The first-order valence-corrected chi connectivity index (χ1v) is 7.90. The Morgan fingerprint density at radius 3 is 2.82 bits per heavy atom. The van der Waals surface area contributed by atoms with Crippen LogP contribution in [-0.2, 0) is 9.59 Å². The second kappa shape index (κ2) is 7.61. The van der Waals surface area contributed by atoms with Crippen molar-refractivity contribution in [2.24, 2.45) is 5.92 Å². The smallest absolute Gasteiger partial charge is 0.226 e. The van der Waals surface area contributed by atoms with Crippen LogP contribution in [0.1, 0.15) is 31.4 Å². The molecule has 5 nitrogen and oxygen atoms in total. The Morgan fingerprint density at radius 1 is 1.45 bits per heavy atom. The average Bonchev–Trinajstić information content (AvgIpc) is 2.84. The molecule has 1 aliphatic rings. The number of aliphatic hydroxyl groups is 1. The molecular weight excluding hydrogens is 304 g/mol. The number of carbonyl (C=O) groups excluding carboxylic acids is 2. The van der Waals surface area contributed by atoms with Gasteiger partial charge < -0.3 is 15.3 Å². The van der Waals surface area contributed by atoms with Gasteiger partial charge in [-0.25, -0.2) is 0 Å². The van der Waals surface area contributed by atoms with E-state index in [1.54, 1.807) is 11.0 Å². The fraction of sp³-hybridized carbons (Fsp3) is 0.500. The van der Waals surface area contributed by atoms with Gasteiger partial charge in [-0.3, -0.25) is 9.59 Å². The molecule has 0 saturated carbocycles. The monoisotopic (exact) mass is 324 g/mol. The zero-order valence-corrected chi connectivity index (χ0v) is 13.3. The highest BCUT2D eigenvalue weighted by Gasteiger charge is 2.44. The van der Waals surface area contributed by atoms with Crippen LogP contribution >= 0.6 is 11.6 Å². The van der Waals surface area contributed by atoms with Crippen LogP contribution < -0.4 is 5.32 Å². The summed E-state index contributed by atoms with van der Waals surface area (Å²) in [6.45, 7) is 2.86. The van der Waals surface area contributed by atoms with Crippen LogP contribution in [0.5, 0.6) is 0 Å². The molecule has 1 aromatic carbocycles. The number of nitrogens with zero attached hydrogens (tertiary/aromatic N) is 1. The van der Waals surface area contributed by atoms with Gasteiger partial charge in [0.15, 0.2) is 0 Å². The van der Waals surface area contributed by atoms with Crippen molar-refractivity contribution >= 4 is 23.4 Å². The molecule has 0 radical (unpaired) electrons. The number of halogens is 1. The summed E-state index contributed by atoms with van der Waals surface area (Å²) in [5.74, 6) is -0.650. The molecule has 0 spiro atoms. The van der Waals surface area contributed by atoms with Gasteiger partial charge in [-0.2, -0.15) is 0 Å². The van der Waals surface area contributed by atoms with E-state index in [1.165, 1.54) is 0 Å². The molecule has 22 heavy (non-hydrogen) atoms. The first kappa shape index (κ1) is 16.8. The predicted octanol–water partition coefficient (Wildman–Crippen LogP) is 1.75. The zero-order chi connectivity index (χ0) is 16.1. The van der Waals surface area contributed by atoms with Crippen LogP contribution in [0.15, 0.2) is 24.3 Å². The summed E-state index contributed by atoms with van der Waals surface area (Å²) < 4.78 is 0. The third-order valence-corrected chi connectivity index (χ3v) is 4.31. The number of aliphatic hydroxyl groups excluding tert-OH is 1. The lowest BCUT2D eigenvalue weighted by Crippen LogP contribution is -2.36. The summed E-state index contributed by atoms with van der Waals surface area (Å²) in [5.41, 5.74) is 0.805. The van der Waals surface area contributed by atoms with Crippen molar-refractivity contribution in [3.63, 3.8) is 0 Å². The Kier molecular flexibility index (Phi) is 5.80. The number of carbonyl (C=O) groups is 2. The molecule has 0 bridgehead atoms. The molecule has 6 heteroatoms. The summed E-state index contributed by atoms with van der Waals surface area (Å²) in [5, 5.41) is 12.2. The van der Waals surface area contributed by atoms with E-state index in [0.29, 0.717) is 24.5 Å². The van der Waals surface area contributed by atoms with E-state index >= 15 is 0 Å². The molecule has 0 aromatic heterocycles. The molecule has 1 saturated heterocycles. The van der Waals surface area contributed by atoms with Crippen LogP contribution in [0.25, 0.3) is 0 Å². The van der Waals surface area contributed by atoms with E-state index < -0.39 is 5.92 Å². The summed E-state index contributed by atoms with van der Waals surface area (Å²) >= 11 is 6.27. The van der Waals surface area contributed by atoms with E-state index in [2.05, 4.69) is 5.32 Å². The van der Waals surface area contributed by atoms with Crippen molar-refractivity contribution < 1.29 is 14.7 Å². The highest BCUT2D eigenvalue weighted by Crippen LogP contribution is 2.40. The first-order chi connectivity index (χ1) is 10.6. The van der Waals surface area contributed by atoms with Gasteiger partial charge in [0.1, 0.15) is 0 Å². The Balaban J connectivity index is 2.26. The number of hydrogen-bond donors (Lipinski definition) is 2. The molecule has 1 aromatic rings. The maximum atomic E-state index is 12.4.